The second-order valence-electron chi connectivity index (χ2n) is 5.05. The van der Waals surface area contributed by atoms with E-state index in [-0.39, 0.29) is 5.41 Å². The van der Waals surface area contributed by atoms with E-state index in [9.17, 15) is 0 Å². The monoisotopic (exact) mass is 430 g/mol. The summed E-state index contributed by atoms with van der Waals surface area (Å²) < 4.78 is 5.48. The molecular formula is C17H17Br2ClO. The van der Waals surface area contributed by atoms with Crippen molar-refractivity contribution in [1.29, 1.82) is 0 Å². The second-order valence-corrected chi connectivity index (χ2v) is 6.60. The van der Waals surface area contributed by atoms with Crippen LogP contribution in [0.4, 0.5) is 0 Å². The predicted molar refractivity (Wildman–Crippen MR) is 97.4 cm³/mol. The zero-order valence-electron chi connectivity index (χ0n) is 11.8. The van der Waals surface area contributed by atoms with Gasteiger partial charge in [0.15, 0.2) is 0 Å². The molecule has 0 saturated heterocycles. The highest BCUT2D eigenvalue weighted by Gasteiger charge is 2.31. The van der Waals surface area contributed by atoms with Crippen molar-refractivity contribution in [3.63, 3.8) is 0 Å². The Balaban J connectivity index is 2.43. The molecule has 0 fully saturated rings. The van der Waals surface area contributed by atoms with Gasteiger partial charge in [0, 0.05) is 21.1 Å². The molecule has 0 radical (unpaired) electrons. The third-order valence-corrected chi connectivity index (χ3v) is 6.05. The Morgan fingerprint density at radius 2 is 1.76 bits per heavy atom. The molecule has 21 heavy (non-hydrogen) atoms. The summed E-state index contributed by atoms with van der Waals surface area (Å²) in [5.74, 6) is 0.922. The molecule has 0 unspecified atom stereocenters. The number of ether oxygens (including phenoxy) is 1. The van der Waals surface area contributed by atoms with E-state index in [2.05, 4.69) is 44.0 Å². The number of methoxy groups -OCH3 is 1. The summed E-state index contributed by atoms with van der Waals surface area (Å²) in [6.45, 7) is 0. The summed E-state index contributed by atoms with van der Waals surface area (Å²) in [5.41, 5.74) is 2.34. The maximum atomic E-state index is 6.17. The molecule has 0 amide bonds. The van der Waals surface area contributed by atoms with Crippen LogP contribution in [0, 0.1) is 0 Å². The van der Waals surface area contributed by atoms with Crippen molar-refractivity contribution >= 4 is 43.5 Å². The van der Waals surface area contributed by atoms with E-state index in [1.54, 1.807) is 7.11 Å². The lowest BCUT2D eigenvalue weighted by molar-refractivity contribution is 0.404. The lowest BCUT2D eigenvalue weighted by Gasteiger charge is -2.31. The van der Waals surface area contributed by atoms with Gasteiger partial charge >= 0.3 is 0 Å². The first kappa shape index (κ1) is 16.9. The van der Waals surface area contributed by atoms with Crippen LogP contribution < -0.4 is 4.74 Å². The Labute approximate surface area is 147 Å². The van der Waals surface area contributed by atoms with Crippen LogP contribution in [-0.2, 0) is 11.8 Å². The molecule has 0 aliphatic carbocycles. The van der Waals surface area contributed by atoms with E-state index < -0.39 is 0 Å². The van der Waals surface area contributed by atoms with Crippen LogP contribution in [-0.4, -0.2) is 17.8 Å². The molecule has 0 N–H and O–H groups in total. The lowest BCUT2D eigenvalue weighted by atomic mass is 9.79. The van der Waals surface area contributed by atoms with Crippen LogP contribution in [0.1, 0.15) is 11.1 Å². The molecule has 0 heterocycles. The van der Waals surface area contributed by atoms with Crippen molar-refractivity contribution in [3.05, 3.63) is 64.7 Å². The van der Waals surface area contributed by atoms with Crippen LogP contribution in [0.15, 0.2) is 48.5 Å². The quantitative estimate of drug-likeness (QED) is 0.539. The zero-order valence-corrected chi connectivity index (χ0v) is 15.7. The average molecular weight is 433 g/mol. The van der Waals surface area contributed by atoms with Crippen molar-refractivity contribution in [2.75, 3.05) is 17.8 Å². The first-order chi connectivity index (χ1) is 10.1. The molecule has 1 nitrogen and oxygen atoms in total. The highest BCUT2D eigenvalue weighted by Crippen LogP contribution is 2.36. The van der Waals surface area contributed by atoms with Crippen molar-refractivity contribution in [1.82, 2.24) is 0 Å². The number of hydrogen-bond donors (Lipinski definition) is 0. The van der Waals surface area contributed by atoms with Gasteiger partial charge < -0.3 is 4.74 Å². The first-order valence-electron chi connectivity index (χ1n) is 6.65. The van der Waals surface area contributed by atoms with Gasteiger partial charge in [-0.2, -0.15) is 0 Å². The number of rotatable bonds is 6. The van der Waals surface area contributed by atoms with Gasteiger partial charge in [0.1, 0.15) is 5.75 Å². The standard InChI is InChI=1S/C17H17Br2ClO/c1-21-16-8-3-2-5-13(16)10-17(11-18,12-19)14-6-4-7-15(20)9-14/h2-9H,10-12H2,1H3. The molecule has 0 atom stereocenters. The Bertz CT molecular complexity index is 597. The molecule has 0 bridgehead atoms. The molecule has 0 aromatic heterocycles. The smallest absolute Gasteiger partial charge is 0.122 e. The maximum Gasteiger partial charge on any atom is 0.122 e. The van der Waals surface area contributed by atoms with Crippen LogP contribution in [0.2, 0.25) is 5.02 Å². The average Bonchev–Trinajstić information content (AvgIpc) is 2.53. The van der Waals surface area contributed by atoms with Gasteiger partial charge in [-0.05, 0) is 35.7 Å². The molecule has 2 rings (SSSR count). The summed E-state index contributed by atoms with van der Waals surface area (Å²) in [7, 11) is 1.71. The van der Waals surface area contributed by atoms with Crippen molar-refractivity contribution in [2.45, 2.75) is 11.8 Å². The van der Waals surface area contributed by atoms with Crippen LogP contribution in [0.25, 0.3) is 0 Å². The number of hydrogen-bond acceptors (Lipinski definition) is 1. The Morgan fingerprint density at radius 3 is 2.38 bits per heavy atom. The fourth-order valence-electron chi connectivity index (χ4n) is 2.42. The first-order valence-corrected chi connectivity index (χ1v) is 9.27. The number of halogens is 3. The van der Waals surface area contributed by atoms with E-state index in [0.29, 0.717) is 0 Å². The number of alkyl halides is 2. The molecule has 0 aliphatic heterocycles. The van der Waals surface area contributed by atoms with Gasteiger partial charge in [0.2, 0.25) is 0 Å². The van der Waals surface area contributed by atoms with E-state index in [1.165, 1.54) is 11.1 Å². The normalized spacial score (nSPS) is 11.4. The third kappa shape index (κ3) is 3.82. The van der Waals surface area contributed by atoms with E-state index in [4.69, 9.17) is 16.3 Å². The highest BCUT2D eigenvalue weighted by atomic mass is 79.9. The molecule has 112 valence electrons. The van der Waals surface area contributed by atoms with Crippen molar-refractivity contribution < 1.29 is 4.74 Å². The van der Waals surface area contributed by atoms with Crippen LogP contribution in [0.3, 0.4) is 0 Å². The van der Waals surface area contributed by atoms with Gasteiger partial charge in [0.05, 0.1) is 7.11 Å². The molecular weight excluding hydrogens is 415 g/mol. The van der Waals surface area contributed by atoms with Crippen LogP contribution in [0.5, 0.6) is 5.75 Å². The molecule has 2 aromatic carbocycles. The number of para-hydroxylation sites is 1. The van der Waals surface area contributed by atoms with E-state index >= 15 is 0 Å². The Kier molecular flexibility index (Phi) is 6.15. The zero-order chi connectivity index (χ0) is 15.3. The fourth-order valence-corrected chi connectivity index (χ4v) is 4.58. The third-order valence-electron chi connectivity index (χ3n) is 3.67. The molecule has 0 aliphatic rings. The topological polar surface area (TPSA) is 9.23 Å². The largest absolute Gasteiger partial charge is 0.496 e. The Hall–Kier alpha value is -0.510. The summed E-state index contributed by atoms with van der Waals surface area (Å²) in [6, 6.07) is 16.2. The molecule has 0 spiro atoms. The summed E-state index contributed by atoms with van der Waals surface area (Å²) in [5, 5.41) is 2.44. The van der Waals surface area contributed by atoms with Crippen LogP contribution >= 0.6 is 43.5 Å². The summed E-state index contributed by atoms with van der Waals surface area (Å²) in [4.78, 5) is 0. The lowest BCUT2D eigenvalue weighted by Crippen LogP contribution is -2.33. The number of benzene rings is 2. The summed E-state index contributed by atoms with van der Waals surface area (Å²) >= 11 is 13.5. The van der Waals surface area contributed by atoms with Gasteiger partial charge in [0.25, 0.3) is 0 Å². The SMILES string of the molecule is COc1ccccc1CC(CBr)(CBr)c1cccc(Cl)c1. The minimum absolute atomic E-state index is 0.0699. The minimum Gasteiger partial charge on any atom is -0.496 e. The van der Waals surface area contributed by atoms with Gasteiger partial charge in [-0.3, -0.25) is 0 Å². The molecule has 2 aromatic rings. The maximum absolute atomic E-state index is 6.17. The minimum atomic E-state index is -0.0699. The Morgan fingerprint density at radius 1 is 1.05 bits per heavy atom. The van der Waals surface area contributed by atoms with E-state index in [1.807, 2.05) is 36.4 Å². The van der Waals surface area contributed by atoms with E-state index in [0.717, 1.165) is 27.9 Å². The van der Waals surface area contributed by atoms with Crippen molar-refractivity contribution in [3.8, 4) is 5.75 Å². The van der Waals surface area contributed by atoms with Gasteiger partial charge in [-0.15, -0.1) is 0 Å². The van der Waals surface area contributed by atoms with Crippen molar-refractivity contribution in [2.24, 2.45) is 0 Å². The molecule has 0 saturated carbocycles. The fraction of sp³-hybridized carbons (Fsp3) is 0.294. The highest BCUT2D eigenvalue weighted by molar-refractivity contribution is 9.09. The van der Waals surface area contributed by atoms with Gasteiger partial charge in [-0.25, -0.2) is 0 Å². The summed E-state index contributed by atoms with van der Waals surface area (Å²) in [6.07, 6.45) is 0.869. The second kappa shape index (κ2) is 7.66. The van der Waals surface area contributed by atoms with Gasteiger partial charge in [-0.1, -0.05) is 73.8 Å². The molecule has 4 heteroatoms. The predicted octanol–water partition coefficient (Wildman–Crippen LogP) is 5.62.